The van der Waals surface area contributed by atoms with Crippen molar-refractivity contribution in [2.45, 2.75) is 26.7 Å². The van der Waals surface area contributed by atoms with E-state index in [4.69, 9.17) is 4.99 Å². The molecule has 0 aliphatic carbocycles. The monoisotopic (exact) mass is 413 g/mol. The minimum atomic E-state index is 0.880. The second-order valence-corrected chi connectivity index (χ2v) is 8.13. The van der Waals surface area contributed by atoms with Crippen LogP contribution in [0.25, 0.3) is 38.0 Å². The molecule has 0 radical (unpaired) electrons. The number of rotatable bonds is 5. The highest BCUT2D eigenvalue weighted by Crippen LogP contribution is 2.35. The van der Waals surface area contributed by atoms with E-state index in [2.05, 4.69) is 117 Å². The Bertz CT molecular complexity index is 1440. The first-order valence-corrected chi connectivity index (χ1v) is 11.5. The second-order valence-electron chi connectivity index (χ2n) is 8.13. The van der Waals surface area contributed by atoms with Gasteiger partial charge in [0.25, 0.3) is 0 Å². The molecule has 0 aromatic heterocycles. The van der Waals surface area contributed by atoms with Crippen molar-refractivity contribution in [3.63, 3.8) is 0 Å². The standard InChI is InChI=1S/C31H27N/c1-3-12-31(22-13-6-5-7-14-22)32-30(4-2)23-19-20-28-26-17-9-8-15-24(26)25-16-10-11-18-27(25)29(28)21-23/h5-21H,3-4H2,1-2H3/b31-12+,32-30?. The molecule has 0 atom stereocenters. The molecule has 0 bridgehead atoms. The van der Waals surface area contributed by atoms with Crippen molar-refractivity contribution in [1.82, 2.24) is 0 Å². The first kappa shape index (κ1) is 20.2. The number of hydrogen-bond acceptors (Lipinski definition) is 1. The summed E-state index contributed by atoms with van der Waals surface area (Å²) in [6.07, 6.45) is 4.05. The van der Waals surface area contributed by atoms with Gasteiger partial charge in [0.05, 0.1) is 5.70 Å². The molecule has 0 saturated carbocycles. The van der Waals surface area contributed by atoms with Gasteiger partial charge in [-0.15, -0.1) is 0 Å². The fourth-order valence-electron chi connectivity index (χ4n) is 4.61. The van der Waals surface area contributed by atoms with E-state index >= 15 is 0 Å². The van der Waals surface area contributed by atoms with Crippen molar-refractivity contribution in [3.8, 4) is 0 Å². The fourth-order valence-corrected chi connectivity index (χ4v) is 4.61. The van der Waals surface area contributed by atoms with Gasteiger partial charge in [-0.1, -0.05) is 111 Å². The Morgan fingerprint density at radius 1 is 0.594 bits per heavy atom. The summed E-state index contributed by atoms with van der Waals surface area (Å²) in [5, 5.41) is 7.80. The number of fused-ring (bicyclic) bond motifs is 6. The van der Waals surface area contributed by atoms with E-state index in [1.807, 2.05) is 0 Å². The Balaban J connectivity index is 1.73. The Hall–Kier alpha value is -3.71. The first-order valence-electron chi connectivity index (χ1n) is 11.5. The minimum absolute atomic E-state index is 0.880. The van der Waals surface area contributed by atoms with E-state index in [1.165, 1.54) is 37.9 Å². The predicted octanol–water partition coefficient (Wildman–Crippen LogP) is 8.80. The molecule has 0 saturated heterocycles. The third-order valence-electron chi connectivity index (χ3n) is 6.13. The summed E-state index contributed by atoms with van der Waals surface area (Å²) in [6.45, 7) is 4.35. The van der Waals surface area contributed by atoms with Crippen LogP contribution in [0.15, 0.2) is 108 Å². The van der Waals surface area contributed by atoms with Gasteiger partial charge in [-0.25, -0.2) is 0 Å². The lowest BCUT2D eigenvalue weighted by molar-refractivity contribution is 1.21. The zero-order valence-corrected chi connectivity index (χ0v) is 18.7. The van der Waals surface area contributed by atoms with Gasteiger partial charge in [0.15, 0.2) is 0 Å². The lowest BCUT2D eigenvalue weighted by Gasteiger charge is -2.13. The highest BCUT2D eigenvalue weighted by atomic mass is 14.8. The molecule has 0 N–H and O–H groups in total. The number of nitrogens with zero attached hydrogens (tertiary/aromatic N) is 1. The molecule has 1 heteroatoms. The summed E-state index contributed by atoms with van der Waals surface area (Å²) in [4.78, 5) is 5.15. The quantitative estimate of drug-likeness (QED) is 0.202. The van der Waals surface area contributed by atoms with Crippen LogP contribution in [0.4, 0.5) is 0 Å². The van der Waals surface area contributed by atoms with Crippen molar-refractivity contribution in [1.29, 1.82) is 0 Å². The topological polar surface area (TPSA) is 12.4 Å². The molecular weight excluding hydrogens is 386 g/mol. The van der Waals surface area contributed by atoms with E-state index in [-0.39, 0.29) is 0 Å². The van der Waals surface area contributed by atoms with Crippen LogP contribution in [-0.2, 0) is 0 Å². The van der Waals surface area contributed by atoms with Crippen LogP contribution in [0, 0.1) is 0 Å². The molecule has 0 heterocycles. The second kappa shape index (κ2) is 8.80. The first-order chi connectivity index (χ1) is 15.8. The smallest absolute Gasteiger partial charge is 0.0665 e. The van der Waals surface area contributed by atoms with Crippen LogP contribution in [0.3, 0.4) is 0 Å². The Kier molecular flexibility index (Phi) is 5.56. The van der Waals surface area contributed by atoms with E-state index < -0.39 is 0 Å². The van der Waals surface area contributed by atoms with Crippen molar-refractivity contribution >= 4 is 43.7 Å². The van der Waals surface area contributed by atoms with E-state index in [0.29, 0.717) is 0 Å². The Morgan fingerprint density at radius 3 is 1.69 bits per heavy atom. The third-order valence-corrected chi connectivity index (χ3v) is 6.13. The van der Waals surface area contributed by atoms with Gasteiger partial charge in [0, 0.05) is 5.71 Å². The summed E-state index contributed by atoms with van der Waals surface area (Å²) in [7, 11) is 0. The minimum Gasteiger partial charge on any atom is -0.253 e. The number of benzene rings is 5. The SMILES string of the molecule is CC/C=C(/N=C(CC)c1ccc2c3ccccc3c3ccccc3c2c1)c1ccccc1. The summed E-state index contributed by atoms with van der Waals surface area (Å²) in [5.41, 5.74) is 4.53. The summed E-state index contributed by atoms with van der Waals surface area (Å²) >= 11 is 0. The van der Waals surface area contributed by atoms with Gasteiger partial charge < -0.3 is 0 Å². The van der Waals surface area contributed by atoms with Gasteiger partial charge in [-0.3, -0.25) is 4.99 Å². The predicted molar refractivity (Wildman–Crippen MR) is 140 cm³/mol. The molecule has 156 valence electrons. The number of allylic oxidation sites excluding steroid dienone is 1. The Morgan fingerprint density at radius 2 is 1.12 bits per heavy atom. The highest BCUT2D eigenvalue weighted by molar-refractivity contribution is 6.26. The lowest BCUT2D eigenvalue weighted by atomic mass is 9.92. The van der Waals surface area contributed by atoms with E-state index in [1.54, 1.807) is 0 Å². The maximum absolute atomic E-state index is 5.15. The Labute approximate surface area is 189 Å². The summed E-state index contributed by atoms with van der Waals surface area (Å²) in [5.74, 6) is 0. The normalized spacial score (nSPS) is 12.7. The van der Waals surface area contributed by atoms with Crippen LogP contribution in [0.2, 0.25) is 0 Å². The molecule has 0 aliphatic rings. The molecule has 0 spiro atoms. The molecule has 5 aromatic carbocycles. The largest absolute Gasteiger partial charge is 0.253 e. The van der Waals surface area contributed by atoms with Crippen molar-refractivity contribution in [2.24, 2.45) is 4.99 Å². The van der Waals surface area contributed by atoms with Crippen LogP contribution in [0.1, 0.15) is 37.8 Å². The van der Waals surface area contributed by atoms with Gasteiger partial charge in [0.1, 0.15) is 0 Å². The van der Waals surface area contributed by atoms with Crippen LogP contribution in [-0.4, -0.2) is 5.71 Å². The van der Waals surface area contributed by atoms with Crippen LogP contribution < -0.4 is 0 Å². The molecule has 0 unspecified atom stereocenters. The van der Waals surface area contributed by atoms with Gasteiger partial charge in [-0.05, 0) is 62.4 Å². The molecule has 5 rings (SSSR count). The molecule has 0 fully saturated rings. The maximum atomic E-state index is 5.15. The molecule has 32 heavy (non-hydrogen) atoms. The highest BCUT2D eigenvalue weighted by Gasteiger charge is 2.11. The van der Waals surface area contributed by atoms with Crippen molar-refractivity contribution in [2.75, 3.05) is 0 Å². The fraction of sp³-hybridized carbons (Fsp3) is 0.129. The van der Waals surface area contributed by atoms with Crippen molar-refractivity contribution in [3.05, 3.63) is 114 Å². The summed E-state index contributed by atoms with van der Waals surface area (Å²) in [6, 6.07) is 34.8. The molecular formula is C31H27N. The number of aliphatic imine (C=N–C) groups is 1. The van der Waals surface area contributed by atoms with E-state index in [9.17, 15) is 0 Å². The number of hydrogen-bond donors (Lipinski definition) is 0. The van der Waals surface area contributed by atoms with Gasteiger partial charge in [0.2, 0.25) is 0 Å². The average molecular weight is 414 g/mol. The van der Waals surface area contributed by atoms with Crippen LogP contribution in [0.5, 0.6) is 0 Å². The average Bonchev–Trinajstić information content (AvgIpc) is 2.87. The molecule has 1 nitrogen and oxygen atoms in total. The third kappa shape index (κ3) is 3.61. The van der Waals surface area contributed by atoms with Gasteiger partial charge >= 0.3 is 0 Å². The maximum Gasteiger partial charge on any atom is 0.0665 e. The molecule has 5 aromatic rings. The zero-order valence-electron chi connectivity index (χ0n) is 18.7. The molecule has 0 aliphatic heterocycles. The lowest BCUT2D eigenvalue weighted by Crippen LogP contribution is -2.00. The molecule has 0 amide bonds. The zero-order chi connectivity index (χ0) is 21.9. The van der Waals surface area contributed by atoms with Crippen LogP contribution >= 0.6 is 0 Å². The summed E-state index contributed by atoms with van der Waals surface area (Å²) < 4.78 is 0. The van der Waals surface area contributed by atoms with Crippen molar-refractivity contribution < 1.29 is 0 Å². The van der Waals surface area contributed by atoms with E-state index in [0.717, 1.165) is 29.8 Å². The van der Waals surface area contributed by atoms with Gasteiger partial charge in [-0.2, -0.15) is 0 Å².